The van der Waals surface area contributed by atoms with Crippen LogP contribution in [0.4, 0.5) is 0 Å². The summed E-state index contributed by atoms with van der Waals surface area (Å²) in [4.78, 5) is 2.40. The summed E-state index contributed by atoms with van der Waals surface area (Å²) in [5.74, 6) is 0.771. The van der Waals surface area contributed by atoms with Gasteiger partial charge < -0.3 is 15.3 Å². The Kier molecular flexibility index (Phi) is 8.83. The van der Waals surface area contributed by atoms with Crippen molar-refractivity contribution in [2.45, 2.75) is 65.5 Å². The van der Waals surface area contributed by atoms with E-state index < -0.39 is 0 Å². The summed E-state index contributed by atoms with van der Waals surface area (Å²) in [5.41, 5.74) is -0.134. The van der Waals surface area contributed by atoms with Crippen LogP contribution in [0.1, 0.15) is 53.9 Å². The SMILES string of the molecule is CCC(C)CN(C)CCCC(C)(CO)NC(C)C. The van der Waals surface area contributed by atoms with Gasteiger partial charge in [-0.3, -0.25) is 0 Å². The molecule has 0 amide bonds. The minimum Gasteiger partial charge on any atom is -0.394 e. The first kappa shape index (κ1) is 17.9. The van der Waals surface area contributed by atoms with Gasteiger partial charge in [-0.1, -0.05) is 34.1 Å². The molecule has 0 fully saturated rings. The van der Waals surface area contributed by atoms with E-state index in [9.17, 15) is 5.11 Å². The molecule has 3 heteroatoms. The zero-order valence-corrected chi connectivity index (χ0v) is 13.3. The highest BCUT2D eigenvalue weighted by atomic mass is 16.3. The van der Waals surface area contributed by atoms with E-state index >= 15 is 0 Å². The molecule has 0 saturated heterocycles. The molecule has 0 heterocycles. The molecule has 0 aromatic carbocycles. The molecule has 110 valence electrons. The van der Waals surface area contributed by atoms with Crippen LogP contribution < -0.4 is 5.32 Å². The molecule has 2 N–H and O–H groups in total. The monoisotopic (exact) mass is 258 g/mol. The van der Waals surface area contributed by atoms with E-state index in [0.29, 0.717) is 6.04 Å². The third kappa shape index (κ3) is 8.06. The molecule has 0 aliphatic carbocycles. The van der Waals surface area contributed by atoms with Gasteiger partial charge in [-0.25, -0.2) is 0 Å². The maximum atomic E-state index is 9.51. The number of aliphatic hydroxyl groups is 1. The first-order valence-corrected chi connectivity index (χ1v) is 7.40. The number of nitrogens with zero attached hydrogens (tertiary/aromatic N) is 1. The first-order chi connectivity index (χ1) is 8.33. The maximum Gasteiger partial charge on any atom is 0.0610 e. The molecule has 2 atom stereocenters. The van der Waals surface area contributed by atoms with E-state index in [4.69, 9.17) is 0 Å². The topological polar surface area (TPSA) is 35.5 Å². The number of hydrogen-bond acceptors (Lipinski definition) is 3. The molecule has 0 saturated carbocycles. The molecule has 0 radical (unpaired) electrons. The smallest absolute Gasteiger partial charge is 0.0610 e. The van der Waals surface area contributed by atoms with Crippen LogP contribution in [0.25, 0.3) is 0 Å². The molecular weight excluding hydrogens is 224 g/mol. The minimum absolute atomic E-state index is 0.134. The summed E-state index contributed by atoms with van der Waals surface area (Å²) in [6, 6.07) is 0.417. The van der Waals surface area contributed by atoms with Gasteiger partial charge in [0, 0.05) is 18.1 Å². The van der Waals surface area contributed by atoms with Crippen molar-refractivity contribution >= 4 is 0 Å². The average molecular weight is 258 g/mol. The second kappa shape index (κ2) is 8.89. The molecule has 0 rings (SSSR count). The fourth-order valence-corrected chi connectivity index (χ4v) is 2.39. The Morgan fingerprint density at radius 3 is 2.33 bits per heavy atom. The highest BCUT2D eigenvalue weighted by Crippen LogP contribution is 2.13. The van der Waals surface area contributed by atoms with Crippen LogP contribution in [0.3, 0.4) is 0 Å². The van der Waals surface area contributed by atoms with E-state index in [1.165, 1.54) is 13.0 Å². The highest BCUT2D eigenvalue weighted by Gasteiger charge is 2.23. The predicted molar refractivity (Wildman–Crippen MR) is 79.9 cm³/mol. The van der Waals surface area contributed by atoms with Gasteiger partial charge in [-0.05, 0) is 39.3 Å². The fraction of sp³-hybridized carbons (Fsp3) is 1.00. The van der Waals surface area contributed by atoms with Gasteiger partial charge >= 0.3 is 0 Å². The summed E-state index contributed by atoms with van der Waals surface area (Å²) in [7, 11) is 2.19. The lowest BCUT2D eigenvalue weighted by Crippen LogP contribution is -2.49. The second-order valence-corrected chi connectivity index (χ2v) is 6.40. The quantitative estimate of drug-likeness (QED) is 0.632. The van der Waals surface area contributed by atoms with Crippen LogP contribution in [0.5, 0.6) is 0 Å². The lowest BCUT2D eigenvalue weighted by atomic mass is 9.95. The van der Waals surface area contributed by atoms with E-state index in [1.807, 2.05) is 0 Å². The molecule has 0 spiro atoms. The van der Waals surface area contributed by atoms with Gasteiger partial charge in [-0.15, -0.1) is 0 Å². The van der Waals surface area contributed by atoms with Crippen molar-refractivity contribution in [3.05, 3.63) is 0 Å². The van der Waals surface area contributed by atoms with Crippen LogP contribution >= 0.6 is 0 Å². The van der Waals surface area contributed by atoms with Crippen molar-refractivity contribution in [3.63, 3.8) is 0 Å². The molecule has 0 aromatic heterocycles. The van der Waals surface area contributed by atoms with Crippen molar-refractivity contribution in [1.29, 1.82) is 0 Å². The van der Waals surface area contributed by atoms with Crippen molar-refractivity contribution < 1.29 is 5.11 Å². The molecule has 0 aliphatic heterocycles. The normalized spacial score (nSPS) is 17.2. The Labute approximate surface area is 114 Å². The van der Waals surface area contributed by atoms with Crippen LogP contribution in [-0.4, -0.2) is 48.3 Å². The van der Waals surface area contributed by atoms with Crippen LogP contribution in [0.2, 0.25) is 0 Å². The summed E-state index contributed by atoms with van der Waals surface area (Å²) < 4.78 is 0. The Bertz CT molecular complexity index is 209. The molecule has 2 unspecified atom stereocenters. The van der Waals surface area contributed by atoms with Crippen LogP contribution in [0.15, 0.2) is 0 Å². The number of rotatable bonds is 10. The number of nitrogens with one attached hydrogen (secondary N) is 1. The molecule has 0 aliphatic rings. The summed E-state index contributed by atoms with van der Waals surface area (Å²) in [6.45, 7) is 13.4. The Morgan fingerprint density at radius 2 is 1.89 bits per heavy atom. The molecular formula is C15H34N2O. The van der Waals surface area contributed by atoms with Crippen molar-refractivity contribution in [1.82, 2.24) is 10.2 Å². The Balaban J connectivity index is 3.92. The maximum absolute atomic E-state index is 9.51. The van der Waals surface area contributed by atoms with Gasteiger partial charge in [-0.2, -0.15) is 0 Å². The summed E-state index contributed by atoms with van der Waals surface area (Å²) in [5, 5.41) is 13.0. The van der Waals surface area contributed by atoms with Gasteiger partial charge in [0.2, 0.25) is 0 Å². The third-order valence-corrected chi connectivity index (χ3v) is 3.57. The van der Waals surface area contributed by atoms with Gasteiger partial charge in [0.1, 0.15) is 0 Å². The minimum atomic E-state index is -0.134. The van der Waals surface area contributed by atoms with Gasteiger partial charge in [0.05, 0.1) is 6.61 Å². The fourth-order valence-electron chi connectivity index (χ4n) is 2.39. The Morgan fingerprint density at radius 1 is 1.28 bits per heavy atom. The van der Waals surface area contributed by atoms with Crippen molar-refractivity contribution in [2.24, 2.45) is 5.92 Å². The average Bonchev–Trinajstić information content (AvgIpc) is 2.27. The zero-order chi connectivity index (χ0) is 14.2. The lowest BCUT2D eigenvalue weighted by molar-refractivity contribution is 0.149. The Hall–Kier alpha value is -0.120. The molecule has 3 nitrogen and oxygen atoms in total. The highest BCUT2D eigenvalue weighted by molar-refractivity contribution is 4.84. The largest absolute Gasteiger partial charge is 0.394 e. The van der Waals surface area contributed by atoms with Crippen molar-refractivity contribution in [2.75, 3.05) is 26.7 Å². The van der Waals surface area contributed by atoms with E-state index in [-0.39, 0.29) is 12.1 Å². The van der Waals surface area contributed by atoms with Crippen LogP contribution in [-0.2, 0) is 0 Å². The summed E-state index contributed by atoms with van der Waals surface area (Å²) >= 11 is 0. The molecule has 0 aromatic rings. The van der Waals surface area contributed by atoms with E-state index in [0.717, 1.165) is 25.3 Å². The number of hydrogen-bond donors (Lipinski definition) is 2. The zero-order valence-electron chi connectivity index (χ0n) is 13.3. The predicted octanol–water partition coefficient (Wildman–Crippen LogP) is 2.49. The standard InChI is InChI=1S/C15H34N2O/c1-7-14(4)11-17(6)10-8-9-15(5,12-18)16-13(2)3/h13-14,16,18H,7-12H2,1-6H3. The second-order valence-electron chi connectivity index (χ2n) is 6.40. The number of aliphatic hydroxyl groups excluding tert-OH is 1. The van der Waals surface area contributed by atoms with E-state index in [2.05, 4.69) is 51.9 Å². The lowest BCUT2D eigenvalue weighted by Gasteiger charge is -2.32. The van der Waals surface area contributed by atoms with Crippen molar-refractivity contribution in [3.8, 4) is 0 Å². The van der Waals surface area contributed by atoms with Gasteiger partial charge in [0.15, 0.2) is 0 Å². The van der Waals surface area contributed by atoms with Gasteiger partial charge in [0.25, 0.3) is 0 Å². The molecule has 18 heavy (non-hydrogen) atoms. The van der Waals surface area contributed by atoms with E-state index in [1.54, 1.807) is 0 Å². The first-order valence-electron chi connectivity index (χ1n) is 7.40. The van der Waals surface area contributed by atoms with Crippen LogP contribution in [0, 0.1) is 5.92 Å². The third-order valence-electron chi connectivity index (χ3n) is 3.57. The molecule has 0 bridgehead atoms. The summed E-state index contributed by atoms with van der Waals surface area (Å²) in [6.07, 6.45) is 3.39.